The third kappa shape index (κ3) is 3.44. The van der Waals surface area contributed by atoms with Gasteiger partial charge in [-0.05, 0) is 25.5 Å². The van der Waals surface area contributed by atoms with Crippen LogP contribution in [-0.2, 0) is 0 Å². The molecule has 0 aromatic heterocycles. The van der Waals surface area contributed by atoms with Crippen molar-refractivity contribution in [1.29, 1.82) is 0 Å². The van der Waals surface area contributed by atoms with Crippen molar-refractivity contribution in [1.82, 2.24) is 5.32 Å². The second kappa shape index (κ2) is 6.61. The summed E-state index contributed by atoms with van der Waals surface area (Å²) in [6, 6.07) is 11.1. The topological polar surface area (TPSA) is 12.0 Å². The van der Waals surface area contributed by atoms with E-state index in [0.29, 0.717) is 17.9 Å². The van der Waals surface area contributed by atoms with Gasteiger partial charge in [0.2, 0.25) is 0 Å². The fourth-order valence-electron chi connectivity index (χ4n) is 2.51. The summed E-state index contributed by atoms with van der Waals surface area (Å²) >= 11 is 0. The quantitative estimate of drug-likeness (QED) is 0.730. The Morgan fingerprint density at radius 3 is 2.29 bits per heavy atom. The van der Waals surface area contributed by atoms with Crippen LogP contribution < -0.4 is 5.32 Å². The largest absolute Gasteiger partial charge is 0.313 e. The van der Waals surface area contributed by atoms with Crippen LogP contribution in [0, 0.1) is 5.92 Å². The van der Waals surface area contributed by atoms with Gasteiger partial charge < -0.3 is 5.32 Å². The number of hydrogen-bond donors (Lipinski definition) is 1. The van der Waals surface area contributed by atoms with Gasteiger partial charge in [0.1, 0.15) is 0 Å². The summed E-state index contributed by atoms with van der Waals surface area (Å²) < 4.78 is 0. The van der Waals surface area contributed by atoms with Gasteiger partial charge in [-0.25, -0.2) is 0 Å². The molecule has 94 valence electrons. The van der Waals surface area contributed by atoms with Crippen molar-refractivity contribution < 1.29 is 0 Å². The Bertz CT molecular complexity index is 342. The van der Waals surface area contributed by atoms with Crippen molar-refractivity contribution in [3.63, 3.8) is 0 Å². The van der Waals surface area contributed by atoms with Gasteiger partial charge in [-0.1, -0.05) is 62.8 Å². The molecule has 1 rings (SSSR count). The Balaban J connectivity index is 3.07. The highest BCUT2D eigenvalue weighted by molar-refractivity contribution is 5.26. The van der Waals surface area contributed by atoms with E-state index in [1.807, 2.05) is 7.05 Å². The lowest BCUT2D eigenvalue weighted by Gasteiger charge is -2.32. The lowest BCUT2D eigenvalue weighted by Crippen LogP contribution is -2.36. The standard InChI is InChI=1S/C16H25N/c1-6-13(4)15(16(17-5)12(2)3)14-10-8-7-9-11-14/h7-11,13,15-17H,2,6H2,1,3-5H3. The van der Waals surface area contributed by atoms with Crippen molar-refractivity contribution in [2.24, 2.45) is 5.92 Å². The van der Waals surface area contributed by atoms with Crippen molar-refractivity contribution in [3.8, 4) is 0 Å². The van der Waals surface area contributed by atoms with Crippen molar-refractivity contribution in [3.05, 3.63) is 48.0 Å². The molecule has 1 aromatic rings. The third-order valence-corrected chi connectivity index (χ3v) is 3.64. The van der Waals surface area contributed by atoms with Crippen LogP contribution in [0.3, 0.4) is 0 Å². The fraction of sp³-hybridized carbons (Fsp3) is 0.500. The molecule has 0 aliphatic carbocycles. The molecule has 0 heterocycles. The normalized spacial score (nSPS) is 16.2. The van der Waals surface area contributed by atoms with E-state index in [0.717, 1.165) is 0 Å². The highest BCUT2D eigenvalue weighted by Crippen LogP contribution is 2.32. The van der Waals surface area contributed by atoms with Crippen molar-refractivity contribution in [2.45, 2.75) is 39.2 Å². The monoisotopic (exact) mass is 231 g/mol. The average molecular weight is 231 g/mol. The SMILES string of the molecule is C=C(C)C(NC)C(c1ccccc1)C(C)CC. The minimum atomic E-state index is 0.354. The summed E-state index contributed by atoms with van der Waals surface area (Å²) in [5.74, 6) is 1.15. The van der Waals surface area contributed by atoms with E-state index in [2.05, 4.69) is 63.0 Å². The molecule has 1 heteroatoms. The van der Waals surface area contributed by atoms with E-state index in [9.17, 15) is 0 Å². The summed E-state index contributed by atoms with van der Waals surface area (Å²) in [5, 5.41) is 3.42. The smallest absolute Gasteiger partial charge is 0.0343 e. The molecule has 0 radical (unpaired) electrons. The van der Waals surface area contributed by atoms with Crippen LogP contribution in [0.5, 0.6) is 0 Å². The Kier molecular flexibility index (Phi) is 5.43. The van der Waals surface area contributed by atoms with Crippen LogP contribution in [0.2, 0.25) is 0 Å². The molecule has 0 saturated carbocycles. The van der Waals surface area contributed by atoms with Crippen LogP contribution in [0.4, 0.5) is 0 Å². The number of hydrogen-bond acceptors (Lipinski definition) is 1. The summed E-state index contributed by atoms with van der Waals surface area (Å²) in [5.41, 5.74) is 2.62. The molecule has 1 aromatic carbocycles. The molecule has 1 nitrogen and oxygen atoms in total. The maximum atomic E-state index is 4.13. The first-order valence-electron chi connectivity index (χ1n) is 6.49. The number of likely N-dealkylation sites (N-methyl/N-ethyl adjacent to an activating group) is 1. The van der Waals surface area contributed by atoms with Crippen molar-refractivity contribution in [2.75, 3.05) is 7.05 Å². The molecule has 0 fully saturated rings. The van der Waals surface area contributed by atoms with Gasteiger partial charge in [-0.3, -0.25) is 0 Å². The average Bonchev–Trinajstić information content (AvgIpc) is 2.35. The molecule has 3 unspecified atom stereocenters. The maximum Gasteiger partial charge on any atom is 0.0343 e. The zero-order valence-corrected chi connectivity index (χ0v) is 11.5. The minimum absolute atomic E-state index is 0.354. The van der Waals surface area contributed by atoms with E-state index in [-0.39, 0.29) is 0 Å². The second-order valence-corrected chi connectivity index (χ2v) is 4.93. The molecule has 0 amide bonds. The number of rotatable bonds is 6. The highest BCUT2D eigenvalue weighted by Gasteiger charge is 2.26. The van der Waals surface area contributed by atoms with E-state index < -0.39 is 0 Å². The van der Waals surface area contributed by atoms with Crippen LogP contribution >= 0.6 is 0 Å². The zero-order valence-electron chi connectivity index (χ0n) is 11.5. The maximum absolute atomic E-state index is 4.13. The van der Waals surface area contributed by atoms with Crippen LogP contribution in [0.25, 0.3) is 0 Å². The molecule has 0 aliphatic heterocycles. The predicted octanol–water partition coefficient (Wildman–Crippen LogP) is 3.98. The van der Waals surface area contributed by atoms with Gasteiger partial charge in [-0.15, -0.1) is 0 Å². The lowest BCUT2D eigenvalue weighted by molar-refractivity contribution is 0.377. The Morgan fingerprint density at radius 1 is 1.29 bits per heavy atom. The molecular weight excluding hydrogens is 206 g/mol. The molecule has 0 spiro atoms. The van der Waals surface area contributed by atoms with Gasteiger partial charge in [-0.2, -0.15) is 0 Å². The molecule has 1 N–H and O–H groups in total. The van der Waals surface area contributed by atoms with Gasteiger partial charge in [0, 0.05) is 12.0 Å². The Hall–Kier alpha value is -1.08. The first-order chi connectivity index (χ1) is 8.11. The van der Waals surface area contributed by atoms with Gasteiger partial charge in [0.05, 0.1) is 0 Å². The fourth-order valence-corrected chi connectivity index (χ4v) is 2.51. The van der Waals surface area contributed by atoms with Gasteiger partial charge in [0.15, 0.2) is 0 Å². The summed E-state index contributed by atoms with van der Waals surface area (Å²) in [6.45, 7) is 10.8. The van der Waals surface area contributed by atoms with Crippen LogP contribution in [-0.4, -0.2) is 13.1 Å². The van der Waals surface area contributed by atoms with E-state index >= 15 is 0 Å². The Morgan fingerprint density at radius 2 is 1.88 bits per heavy atom. The van der Waals surface area contributed by atoms with E-state index in [1.165, 1.54) is 17.6 Å². The number of nitrogens with one attached hydrogen (secondary N) is 1. The molecule has 0 saturated heterocycles. The van der Waals surface area contributed by atoms with Crippen LogP contribution in [0.15, 0.2) is 42.5 Å². The third-order valence-electron chi connectivity index (χ3n) is 3.64. The summed E-state index contributed by atoms with van der Waals surface area (Å²) in [4.78, 5) is 0. The second-order valence-electron chi connectivity index (χ2n) is 4.93. The van der Waals surface area contributed by atoms with Crippen LogP contribution in [0.1, 0.15) is 38.7 Å². The number of benzene rings is 1. The van der Waals surface area contributed by atoms with Crippen molar-refractivity contribution >= 4 is 0 Å². The molecular formula is C16H25N. The van der Waals surface area contributed by atoms with E-state index in [4.69, 9.17) is 0 Å². The molecule has 17 heavy (non-hydrogen) atoms. The van der Waals surface area contributed by atoms with Gasteiger partial charge in [0.25, 0.3) is 0 Å². The first-order valence-corrected chi connectivity index (χ1v) is 6.49. The lowest BCUT2D eigenvalue weighted by atomic mass is 9.78. The molecule has 0 aliphatic rings. The Labute approximate surface area is 106 Å². The summed E-state index contributed by atoms with van der Waals surface area (Å²) in [7, 11) is 2.03. The minimum Gasteiger partial charge on any atom is -0.313 e. The molecule has 0 bridgehead atoms. The van der Waals surface area contributed by atoms with Gasteiger partial charge >= 0.3 is 0 Å². The highest BCUT2D eigenvalue weighted by atomic mass is 14.9. The predicted molar refractivity (Wildman–Crippen MR) is 76.3 cm³/mol. The molecule has 3 atom stereocenters. The summed E-state index contributed by atoms with van der Waals surface area (Å²) in [6.07, 6.45) is 1.19. The first kappa shape index (κ1) is 14.0. The zero-order chi connectivity index (χ0) is 12.8. The van der Waals surface area contributed by atoms with E-state index in [1.54, 1.807) is 0 Å².